The van der Waals surface area contributed by atoms with Gasteiger partial charge in [0, 0.05) is 11.9 Å². The monoisotopic (exact) mass is 297 g/mol. The molecule has 1 heterocycles. The van der Waals surface area contributed by atoms with Gasteiger partial charge in [-0.1, -0.05) is 25.1 Å². The highest BCUT2D eigenvalue weighted by atomic mass is 32.1. The minimum Gasteiger partial charge on any atom is -0.392 e. The summed E-state index contributed by atoms with van der Waals surface area (Å²) in [6.45, 7) is 2.54. The van der Waals surface area contributed by atoms with Crippen LogP contribution in [0.3, 0.4) is 0 Å². The van der Waals surface area contributed by atoms with Gasteiger partial charge in [-0.3, -0.25) is 4.79 Å². The number of aryl methyl sites for hydroxylation is 1. The minimum atomic E-state index is -0.608. The lowest BCUT2D eigenvalue weighted by Gasteiger charge is -2.31. The van der Waals surface area contributed by atoms with Crippen molar-refractivity contribution in [3.8, 4) is 0 Å². The van der Waals surface area contributed by atoms with Crippen molar-refractivity contribution in [1.82, 2.24) is 9.88 Å². The summed E-state index contributed by atoms with van der Waals surface area (Å²) in [7, 11) is 1.82. The van der Waals surface area contributed by atoms with Gasteiger partial charge < -0.3 is 10.6 Å². The second kappa shape index (κ2) is 5.54. The molecule has 1 saturated carbocycles. The van der Waals surface area contributed by atoms with Crippen molar-refractivity contribution in [3.63, 3.8) is 0 Å². The minimum absolute atomic E-state index is 0.0605. The topological polar surface area (TPSA) is 59.2 Å². The van der Waals surface area contributed by atoms with E-state index in [4.69, 9.17) is 18.0 Å². The average Bonchev–Trinajstić information content (AvgIpc) is 2.99. The van der Waals surface area contributed by atoms with Gasteiger partial charge in [-0.15, -0.1) is 11.3 Å². The predicted molar refractivity (Wildman–Crippen MR) is 81.0 cm³/mol. The highest BCUT2D eigenvalue weighted by Gasteiger charge is 2.45. The molecule has 1 aliphatic rings. The SMILES string of the molecule is Cc1ncsc1CN(C)C(=O)C1(C(N)=S)CCCC1. The molecule has 0 unspecified atom stereocenters. The number of hydrogen-bond acceptors (Lipinski definition) is 4. The van der Waals surface area contributed by atoms with Crippen LogP contribution in [-0.4, -0.2) is 27.8 Å². The Hall–Kier alpha value is -1.01. The summed E-state index contributed by atoms with van der Waals surface area (Å²) >= 11 is 6.73. The van der Waals surface area contributed by atoms with Gasteiger partial charge in [-0.05, 0) is 19.8 Å². The first-order valence-electron chi connectivity index (χ1n) is 6.42. The molecule has 4 nitrogen and oxygen atoms in total. The fraction of sp³-hybridized carbons (Fsp3) is 0.615. The van der Waals surface area contributed by atoms with Gasteiger partial charge in [0.2, 0.25) is 5.91 Å². The van der Waals surface area contributed by atoms with Gasteiger partial charge >= 0.3 is 0 Å². The molecule has 0 atom stereocenters. The molecule has 0 bridgehead atoms. The lowest BCUT2D eigenvalue weighted by atomic mass is 9.84. The van der Waals surface area contributed by atoms with E-state index in [9.17, 15) is 4.79 Å². The lowest BCUT2D eigenvalue weighted by molar-refractivity contribution is -0.137. The number of nitrogens with two attached hydrogens (primary N) is 1. The number of thiocarbonyl (C=S) groups is 1. The van der Waals surface area contributed by atoms with Crippen LogP contribution in [0.4, 0.5) is 0 Å². The molecular weight excluding hydrogens is 278 g/mol. The zero-order valence-corrected chi connectivity index (χ0v) is 12.9. The Balaban J connectivity index is 2.14. The van der Waals surface area contributed by atoms with E-state index in [1.54, 1.807) is 16.2 Å². The third-order valence-electron chi connectivity index (χ3n) is 3.91. The number of aromatic nitrogens is 1. The number of carbonyl (C=O) groups is 1. The molecule has 0 spiro atoms. The number of carbonyl (C=O) groups excluding carboxylic acids is 1. The summed E-state index contributed by atoms with van der Waals surface area (Å²) < 4.78 is 0. The Kier molecular flexibility index (Phi) is 4.20. The molecular formula is C13H19N3OS2. The Morgan fingerprint density at radius 1 is 1.58 bits per heavy atom. The van der Waals surface area contributed by atoms with E-state index < -0.39 is 5.41 Å². The number of rotatable bonds is 4. The number of nitrogens with zero attached hydrogens (tertiary/aromatic N) is 2. The maximum atomic E-state index is 12.7. The highest BCUT2D eigenvalue weighted by Crippen LogP contribution is 2.40. The summed E-state index contributed by atoms with van der Waals surface area (Å²) in [5.74, 6) is 0.0605. The molecule has 0 aromatic carbocycles. The van der Waals surface area contributed by atoms with Gasteiger partial charge in [-0.25, -0.2) is 4.98 Å². The number of hydrogen-bond donors (Lipinski definition) is 1. The maximum absolute atomic E-state index is 12.7. The maximum Gasteiger partial charge on any atom is 0.235 e. The fourth-order valence-electron chi connectivity index (χ4n) is 2.67. The summed E-state index contributed by atoms with van der Waals surface area (Å²) in [5, 5.41) is 0. The van der Waals surface area contributed by atoms with Crippen molar-refractivity contribution >= 4 is 34.5 Å². The molecule has 1 amide bonds. The van der Waals surface area contributed by atoms with Crippen molar-refractivity contribution in [2.24, 2.45) is 11.1 Å². The molecule has 104 valence electrons. The zero-order valence-electron chi connectivity index (χ0n) is 11.3. The van der Waals surface area contributed by atoms with Crippen LogP contribution in [0.1, 0.15) is 36.3 Å². The Bertz CT molecular complexity index is 492. The molecule has 2 N–H and O–H groups in total. The Labute approximate surface area is 123 Å². The highest BCUT2D eigenvalue weighted by molar-refractivity contribution is 7.80. The molecule has 1 aromatic heterocycles. The summed E-state index contributed by atoms with van der Waals surface area (Å²) in [6, 6.07) is 0. The first-order chi connectivity index (χ1) is 8.97. The molecule has 0 radical (unpaired) electrons. The van der Waals surface area contributed by atoms with Crippen molar-refractivity contribution in [2.45, 2.75) is 39.2 Å². The van der Waals surface area contributed by atoms with E-state index in [-0.39, 0.29) is 5.91 Å². The third-order valence-corrected chi connectivity index (χ3v) is 5.22. The van der Waals surface area contributed by atoms with Crippen molar-refractivity contribution in [1.29, 1.82) is 0 Å². The molecule has 1 fully saturated rings. The smallest absolute Gasteiger partial charge is 0.235 e. The molecule has 1 aliphatic carbocycles. The van der Waals surface area contributed by atoms with Crippen LogP contribution in [0.2, 0.25) is 0 Å². The predicted octanol–water partition coefficient (Wildman–Crippen LogP) is 2.26. The summed E-state index contributed by atoms with van der Waals surface area (Å²) in [6.07, 6.45) is 3.62. The van der Waals surface area contributed by atoms with Crippen LogP contribution in [0.5, 0.6) is 0 Å². The molecule has 2 rings (SSSR count). The first kappa shape index (κ1) is 14.4. The van der Waals surface area contributed by atoms with Crippen molar-refractivity contribution in [2.75, 3.05) is 7.05 Å². The van der Waals surface area contributed by atoms with E-state index in [1.165, 1.54) is 0 Å². The van der Waals surface area contributed by atoms with Crippen LogP contribution >= 0.6 is 23.6 Å². The summed E-state index contributed by atoms with van der Waals surface area (Å²) in [4.78, 5) is 20.1. The van der Waals surface area contributed by atoms with Gasteiger partial charge in [0.25, 0.3) is 0 Å². The molecule has 1 aromatic rings. The lowest BCUT2D eigenvalue weighted by Crippen LogP contribution is -2.47. The molecule has 0 saturated heterocycles. The van der Waals surface area contributed by atoms with Crippen LogP contribution in [-0.2, 0) is 11.3 Å². The van der Waals surface area contributed by atoms with E-state index in [0.29, 0.717) is 11.5 Å². The van der Waals surface area contributed by atoms with Gasteiger partial charge in [0.05, 0.1) is 28.2 Å². The average molecular weight is 297 g/mol. The van der Waals surface area contributed by atoms with Crippen LogP contribution < -0.4 is 5.73 Å². The van der Waals surface area contributed by atoms with E-state index >= 15 is 0 Å². The molecule has 19 heavy (non-hydrogen) atoms. The standard InChI is InChI=1S/C13H19N3OS2/c1-9-10(19-8-15-9)7-16(2)12(17)13(11(14)18)5-3-4-6-13/h8H,3-7H2,1-2H3,(H2,14,18). The van der Waals surface area contributed by atoms with Gasteiger partial charge in [0.1, 0.15) is 0 Å². The van der Waals surface area contributed by atoms with E-state index in [0.717, 1.165) is 36.3 Å². The van der Waals surface area contributed by atoms with Crippen LogP contribution in [0.15, 0.2) is 5.51 Å². The Morgan fingerprint density at radius 3 is 2.68 bits per heavy atom. The first-order valence-corrected chi connectivity index (χ1v) is 7.70. The van der Waals surface area contributed by atoms with Gasteiger partial charge in [-0.2, -0.15) is 0 Å². The fourth-order valence-corrected chi connectivity index (χ4v) is 3.80. The second-order valence-electron chi connectivity index (χ2n) is 5.18. The van der Waals surface area contributed by atoms with E-state index in [2.05, 4.69) is 4.98 Å². The number of thiazole rings is 1. The quantitative estimate of drug-likeness (QED) is 0.866. The zero-order chi connectivity index (χ0) is 14.0. The second-order valence-corrected chi connectivity index (χ2v) is 6.55. The molecule has 6 heteroatoms. The van der Waals surface area contributed by atoms with Crippen molar-refractivity contribution < 1.29 is 4.79 Å². The Morgan fingerprint density at radius 2 is 2.21 bits per heavy atom. The van der Waals surface area contributed by atoms with Crippen molar-refractivity contribution in [3.05, 3.63) is 16.1 Å². The number of amides is 1. The normalized spacial score (nSPS) is 17.4. The van der Waals surface area contributed by atoms with Crippen LogP contribution in [0.25, 0.3) is 0 Å². The van der Waals surface area contributed by atoms with E-state index in [1.807, 2.05) is 19.5 Å². The van der Waals surface area contributed by atoms with Crippen LogP contribution in [0, 0.1) is 12.3 Å². The molecule has 0 aliphatic heterocycles. The third kappa shape index (κ3) is 2.65. The largest absolute Gasteiger partial charge is 0.392 e. The van der Waals surface area contributed by atoms with Gasteiger partial charge in [0.15, 0.2) is 0 Å². The summed E-state index contributed by atoms with van der Waals surface area (Å²) in [5.41, 5.74) is 8.03.